The molecule has 0 aliphatic carbocycles. The summed E-state index contributed by atoms with van der Waals surface area (Å²) in [4.78, 5) is 16.0. The van der Waals surface area contributed by atoms with Crippen LogP contribution in [0.4, 0.5) is 0 Å². The first-order valence-electron chi connectivity index (χ1n) is 6.41. The molecule has 0 fully saturated rings. The number of pyridine rings is 1. The summed E-state index contributed by atoms with van der Waals surface area (Å²) in [6.07, 6.45) is 3.85. The second-order valence-electron chi connectivity index (χ2n) is 5.35. The quantitative estimate of drug-likeness (QED) is 0.811. The molecule has 1 heterocycles. The average molecular weight is 249 g/mol. The van der Waals surface area contributed by atoms with E-state index in [2.05, 4.69) is 31.1 Å². The first-order valence-corrected chi connectivity index (χ1v) is 6.41. The molecule has 1 amide bonds. The maximum absolute atomic E-state index is 11.9. The summed E-state index contributed by atoms with van der Waals surface area (Å²) in [6.45, 7) is 7.57. The number of hydrogen-bond acceptors (Lipinski definition) is 3. The number of nitrogens with zero attached hydrogens (tertiary/aromatic N) is 1. The van der Waals surface area contributed by atoms with Crippen LogP contribution < -0.4 is 11.1 Å². The fraction of sp³-hybridized carbons (Fsp3) is 0.571. The minimum absolute atomic E-state index is 0.122. The average Bonchev–Trinajstić information content (AvgIpc) is 2.36. The number of aromatic nitrogens is 1. The van der Waals surface area contributed by atoms with Gasteiger partial charge in [-0.25, -0.2) is 0 Å². The molecule has 4 nitrogen and oxygen atoms in total. The van der Waals surface area contributed by atoms with E-state index in [4.69, 9.17) is 5.73 Å². The van der Waals surface area contributed by atoms with Crippen molar-refractivity contribution in [3.05, 3.63) is 29.6 Å². The molecular formula is C14H23N3O. The van der Waals surface area contributed by atoms with Crippen LogP contribution in [0.25, 0.3) is 0 Å². The van der Waals surface area contributed by atoms with Gasteiger partial charge in [-0.05, 0) is 23.5 Å². The summed E-state index contributed by atoms with van der Waals surface area (Å²) in [5.41, 5.74) is 6.98. The van der Waals surface area contributed by atoms with E-state index >= 15 is 0 Å². The highest BCUT2D eigenvalue weighted by molar-refractivity contribution is 5.92. The van der Waals surface area contributed by atoms with Crippen LogP contribution in [0.1, 0.15) is 49.7 Å². The van der Waals surface area contributed by atoms with Crippen molar-refractivity contribution in [2.75, 3.05) is 6.54 Å². The van der Waals surface area contributed by atoms with Crippen molar-refractivity contribution >= 4 is 5.91 Å². The summed E-state index contributed by atoms with van der Waals surface area (Å²) >= 11 is 0. The Bertz CT molecular complexity index is 385. The van der Waals surface area contributed by atoms with Gasteiger partial charge in [0.15, 0.2) is 0 Å². The molecule has 1 aromatic heterocycles. The lowest BCUT2D eigenvalue weighted by molar-refractivity contribution is 0.0929. The second-order valence-corrected chi connectivity index (χ2v) is 5.35. The van der Waals surface area contributed by atoms with Crippen molar-refractivity contribution in [2.45, 2.75) is 40.2 Å². The van der Waals surface area contributed by atoms with Crippen molar-refractivity contribution in [1.29, 1.82) is 0 Å². The Labute approximate surface area is 109 Å². The molecule has 1 aromatic rings. The van der Waals surface area contributed by atoms with Crippen LogP contribution in [0.2, 0.25) is 0 Å². The van der Waals surface area contributed by atoms with Gasteiger partial charge in [0, 0.05) is 19.3 Å². The third-order valence-corrected chi connectivity index (χ3v) is 2.95. The molecule has 4 heteroatoms. The van der Waals surface area contributed by atoms with Gasteiger partial charge in [-0.1, -0.05) is 33.3 Å². The monoisotopic (exact) mass is 249 g/mol. The Hall–Kier alpha value is -1.42. The van der Waals surface area contributed by atoms with Gasteiger partial charge in [0.1, 0.15) is 5.69 Å². The lowest BCUT2D eigenvalue weighted by Gasteiger charge is -2.24. The number of hydrogen-bond donors (Lipinski definition) is 2. The molecule has 0 spiro atoms. The summed E-state index contributed by atoms with van der Waals surface area (Å²) in [6, 6.07) is 3.55. The number of amides is 1. The summed E-state index contributed by atoms with van der Waals surface area (Å²) in [5, 5.41) is 2.93. The molecule has 0 radical (unpaired) electrons. The van der Waals surface area contributed by atoms with E-state index in [0.717, 1.165) is 18.4 Å². The van der Waals surface area contributed by atoms with E-state index in [-0.39, 0.29) is 11.3 Å². The van der Waals surface area contributed by atoms with Crippen molar-refractivity contribution in [3.63, 3.8) is 0 Å². The van der Waals surface area contributed by atoms with Crippen molar-refractivity contribution < 1.29 is 4.79 Å². The predicted molar refractivity (Wildman–Crippen MR) is 73.2 cm³/mol. The lowest BCUT2D eigenvalue weighted by Crippen LogP contribution is -2.34. The molecular weight excluding hydrogens is 226 g/mol. The molecule has 0 aliphatic rings. The minimum Gasteiger partial charge on any atom is -0.350 e. The van der Waals surface area contributed by atoms with Crippen molar-refractivity contribution in [3.8, 4) is 0 Å². The van der Waals surface area contributed by atoms with E-state index in [1.807, 2.05) is 6.07 Å². The van der Waals surface area contributed by atoms with Gasteiger partial charge in [0.2, 0.25) is 0 Å². The Balaban J connectivity index is 2.54. The Morgan fingerprint density at radius 2 is 2.17 bits per heavy atom. The Kier molecular flexibility index (Phi) is 5.28. The fourth-order valence-electron chi connectivity index (χ4n) is 1.85. The maximum Gasteiger partial charge on any atom is 0.269 e. The fourth-order valence-corrected chi connectivity index (χ4v) is 1.85. The minimum atomic E-state index is -0.122. The van der Waals surface area contributed by atoms with Gasteiger partial charge in [-0.2, -0.15) is 0 Å². The van der Waals surface area contributed by atoms with Gasteiger partial charge in [0.05, 0.1) is 0 Å². The molecule has 0 aliphatic heterocycles. The first kappa shape index (κ1) is 14.6. The first-order chi connectivity index (χ1) is 8.48. The zero-order chi connectivity index (χ0) is 13.6. The van der Waals surface area contributed by atoms with Crippen LogP contribution in [-0.4, -0.2) is 17.4 Å². The third-order valence-electron chi connectivity index (χ3n) is 2.95. The Morgan fingerprint density at radius 1 is 1.44 bits per heavy atom. The van der Waals surface area contributed by atoms with Crippen LogP contribution in [0.3, 0.4) is 0 Å². The smallest absolute Gasteiger partial charge is 0.269 e. The highest BCUT2D eigenvalue weighted by Crippen LogP contribution is 2.20. The number of nitrogens with one attached hydrogen (secondary N) is 1. The van der Waals surface area contributed by atoms with E-state index in [9.17, 15) is 4.79 Å². The Morgan fingerprint density at radius 3 is 2.67 bits per heavy atom. The van der Waals surface area contributed by atoms with Crippen molar-refractivity contribution in [2.24, 2.45) is 11.1 Å². The standard InChI is InChI=1S/C14H23N3O/c1-4-7-14(2,3)10-17-13(18)12-6-5-11(8-15)9-16-12/h5-6,9H,4,7-8,10,15H2,1-3H3,(H,17,18). The normalized spacial score (nSPS) is 11.3. The lowest BCUT2D eigenvalue weighted by atomic mass is 9.88. The highest BCUT2D eigenvalue weighted by atomic mass is 16.1. The zero-order valence-corrected chi connectivity index (χ0v) is 11.5. The second kappa shape index (κ2) is 6.50. The van der Waals surface area contributed by atoms with Gasteiger partial charge >= 0.3 is 0 Å². The molecule has 0 bridgehead atoms. The summed E-state index contributed by atoms with van der Waals surface area (Å²) < 4.78 is 0. The number of nitrogens with two attached hydrogens (primary N) is 1. The van der Waals surface area contributed by atoms with Crippen LogP contribution in [0, 0.1) is 5.41 Å². The zero-order valence-electron chi connectivity index (χ0n) is 11.5. The molecule has 0 aromatic carbocycles. The van der Waals surface area contributed by atoms with Gasteiger partial charge in [-0.15, -0.1) is 0 Å². The van der Waals surface area contributed by atoms with Crippen LogP contribution in [-0.2, 0) is 6.54 Å². The molecule has 0 saturated carbocycles. The molecule has 18 heavy (non-hydrogen) atoms. The van der Waals surface area contributed by atoms with E-state index in [0.29, 0.717) is 18.8 Å². The van der Waals surface area contributed by atoms with E-state index in [1.54, 1.807) is 12.3 Å². The molecule has 0 saturated heterocycles. The molecule has 0 unspecified atom stereocenters. The van der Waals surface area contributed by atoms with Gasteiger partial charge in [0.25, 0.3) is 5.91 Å². The third kappa shape index (κ3) is 4.45. The number of carbonyl (C=O) groups is 1. The van der Waals surface area contributed by atoms with E-state index in [1.165, 1.54) is 0 Å². The molecule has 100 valence electrons. The topological polar surface area (TPSA) is 68.0 Å². The van der Waals surface area contributed by atoms with Crippen LogP contribution in [0.5, 0.6) is 0 Å². The molecule has 3 N–H and O–H groups in total. The van der Waals surface area contributed by atoms with E-state index < -0.39 is 0 Å². The highest BCUT2D eigenvalue weighted by Gasteiger charge is 2.18. The van der Waals surface area contributed by atoms with Crippen LogP contribution >= 0.6 is 0 Å². The maximum atomic E-state index is 11.9. The molecule has 0 atom stereocenters. The number of carbonyl (C=O) groups excluding carboxylic acids is 1. The van der Waals surface area contributed by atoms with Gasteiger partial charge in [-0.3, -0.25) is 9.78 Å². The largest absolute Gasteiger partial charge is 0.350 e. The SMILES string of the molecule is CCCC(C)(C)CNC(=O)c1ccc(CN)cn1. The molecule has 1 rings (SSSR count). The predicted octanol–water partition coefficient (Wildman–Crippen LogP) is 2.10. The van der Waals surface area contributed by atoms with Crippen LogP contribution in [0.15, 0.2) is 18.3 Å². The summed E-state index contributed by atoms with van der Waals surface area (Å²) in [7, 11) is 0. The van der Waals surface area contributed by atoms with Crippen molar-refractivity contribution in [1.82, 2.24) is 10.3 Å². The summed E-state index contributed by atoms with van der Waals surface area (Å²) in [5.74, 6) is -0.122. The van der Waals surface area contributed by atoms with Gasteiger partial charge < -0.3 is 11.1 Å². The number of rotatable bonds is 6.